The lowest BCUT2D eigenvalue weighted by Gasteiger charge is -2.19. The van der Waals surface area contributed by atoms with Gasteiger partial charge < -0.3 is 5.32 Å². The number of Topliss-reactive ketones (excluding diaryl/α,β-unsaturated/α-hetero) is 1. The minimum atomic E-state index is -1.14. The predicted octanol–water partition coefficient (Wildman–Crippen LogP) is 1.51. The molecule has 1 N–H and O–H groups in total. The van der Waals surface area contributed by atoms with E-state index >= 15 is 0 Å². The number of rotatable bonds is 8. The van der Waals surface area contributed by atoms with Gasteiger partial charge in [-0.05, 0) is 25.2 Å². The van der Waals surface area contributed by atoms with Crippen LogP contribution in [0.5, 0.6) is 0 Å². The van der Waals surface area contributed by atoms with E-state index in [1.165, 1.54) is 6.92 Å². The lowest BCUT2D eigenvalue weighted by atomic mass is 10.0. The van der Waals surface area contributed by atoms with Gasteiger partial charge in [-0.3, -0.25) is 13.8 Å². The minimum Gasteiger partial charge on any atom is -0.345 e. The van der Waals surface area contributed by atoms with Crippen LogP contribution in [-0.4, -0.2) is 33.4 Å². The SMILES string of the molecule is CC(=O)C(NC(=O)CS(=O)CCC(C)C)C(C)C. The second kappa shape index (κ2) is 8.40. The van der Waals surface area contributed by atoms with E-state index < -0.39 is 16.8 Å². The van der Waals surface area contributed by atoms with Crippen molar-refractivity contribution in [2.24, 2.45) is 11.8 Å². The molecule has 1 amide bonds. The van der Waals surface area contributed by atoms with Crippen LogP contribution in [0.15, 0.2) is 0 Å². The summed E-state index contributed by atoms with van der Waals surface area (Å²) in [6, 6.07) is -0.473. The molecule has 2 unspecified atom stereocenters. The smallest absolute Gasteiger partial charge is 0.233 e. The Morgan fingerprint density at radius 1 is 1.17 bits per heavy atom. The van der Waals surface area contributed by atoms with Crippen LogP contribution in [0, 0.1) is 11.8 Å². The second-order valence-corrected chi connectivity index (χ2v) is 6.95. The highest BCUT2D eigenvalue weighted by molar-refractivity contribution is 7.85. The van der Waals surface area contributed by atoms with Crippen LogP contribution in [0.25, 0.3) is 0 Å². The molecule has 0 saturated carbocycles. The number of carbonyl (C=O) groups excluding carboxylic acids is 2. The molecule has 0 aromatic rings. The van der Waals surface area contributed by atoms with Crippen molar-refractivity contribution in [3.63, 3.8) is 0 Å². The number of hydrogen-bond donors (Lipinski definition) is 1. The Bertz CT molecular complexity index is 313. The zero-order valence-corrected chi connectivity index (χ0v) is 12.8. The summed E-state index contributed by atoms with van der Waals surface area (Å²) in [5, 5.41) is 2.65. The molecular weight excluding hydrogens is 250 g/mol. The maximum absolute atomic E-state index is 11.7. The number of hydrogen-bond acceptors (Lipinski definition) is 3. The first kappa shape index (κ1) is 17.3. The molecule has 0 spiro atoms. The van der Waals surface area contributed by atoms with E-state index in [1.807, 2.05) is 13.8 Å². The van der Waals surface area contributed by atoms with E-state index in [-0.39, 0.29) is 23.4 Å². The standard InChI is InChI=1S/C13H25NO3S/c1-9(2)6-7-18(17)8-12(16)14-13(10(3)4)11(5)15/h9-10,13H,6-8H2,1-5H3,(H,14,16). The lowest BCUT2D eigenvalue weighted by molar-refractivity contribution is -0.126. The fourth-order valence-electron chi connectivity index (χ4n) is 1.54. The maximum Gasteiger partial charge on any atom is 0.233 e. The summed E-state index contributed by atoms with van der Waals surface area (Å²) < 4.78 is 11.6. The van der Waals surface area contributed by atoms with Crippen molar-refractivity contribution in [3.8, 4) is 0 Å². The van der Waals surface area contributed by atoms with Gasteiger partial charge in [0.2, 0.25) is 5.91 Å². The van der Waals surface area contributed by atoms with Crippen LogP contribution < -0.4 is 5.32 Å². The number of nitrogens with one attached hydrogen (secondary N) is 1. The summed E-state index contributed by atoms with van der Waals surface area (Å²) in [6.07, 6.45) is 0.847. The van der Waals surface area contributed by atoms with Gasteiger partial charge in [0, 0.05) is 16.6 Å². The van der Waals surface area contributed by atoms with Gasteiger partial charge in [0.15, 0.2) is 5.78 Å². The Morgan fingerprint density at radius 3 is 2.11 bits per heavy atom. The van der Waals surface area contributed by atoms with E-state index in [1.54, 1.807) is 0 Å². The first-order valence-corrected chi connectivity index (χ1v) is 7.87. The number of ketones is 1. The fraction of sp³-hybridized carbons (Fsp3) is 0.846. The Labute approximate surface area is 112 Å². The summed E-state index contributed by atoms with van der Waals surface area (Å²) >= 11 is 0. The number of carbonyl (C=O) groups is 2. The molecule has 0 aromatic carbocycles. The molecule has 0 aliphatic rings. The van der Waals surface area contributed by atoms with Crippen LogP contribution >= 0.6 is 0 Å². The van der Waals surface area contributed by atoms with Gasteiger partial charge in [-0.25, -0.2) is 0 Å². The normalized spacial score (nSPS) is 14.6. The van der Waals surface area contributed by atoms with Gasteiger partial charge in [-0.2, -0.15) is 0 Å². The minimum absolute atomic E-state index is 0.0107. The molecule has 0 rings (SSSR count). The van der Waals surface area contributed by atoms with Crippen molar-refractivity contribution < 1.29 is 13.8 Å². The van der Waals surface area contributed by atoms with Crippen LogP contribution in [0.2, 0.25) is 0 Å². The van der Waals surface area contributed by atoms with Gasteiger partial charge in [0.1, 0.15) is 5.75 Å². The highest BCUT2D eigenvalue weighted by atomic mass is 32.2. The summed E-state index contributed by atoms with van der Waals surface area (Å²) in [7, 11) is -1.14. The predicted molar refractivity (Wildman–Crippen MR) is 74.8 cm³/mol. The summed E-state index contributed by atoms with van der Waals surface area (Å²) in [5.74, 6) is 0.700. The molecule has 106 valence electrons. The molecule has 4 nitrogen and oxygen atoms in total. The molecular formula is C13H25NO3S. The lowest BCUT2D eigenvalue weighted by Crippen LogP contribution is -2.45. The Hall–Kier alpha value is -0.710. The average Bonchev–Trinajstić information content (AvgIpc) is 2.22. The van der Waals surface area contributed by atoms with Crippen molar-refractivity contribution >= 4 is 22.5 Å². The van der Waals surface area contributed by atoms with E-state index in [9.17, 15) is 13.8 Å². The van der Waals surface area contributed by atoms with Crippen molar-refractivity contribution in [1.82, 2.24) is 5.32 Å². The Kier molecular flexibility index (Phi) is 8.07. The molecule has 18 heavy (non-hydrogen) atoms. The Balaban J connectivity index is 4.17. The van der Waals surface area contributed by atoms with Crippen molar-refractivity contribution in [2.75, 3.05) is 11.5 Å². The van der Waals surface area contributed by atoms with E-state index in [0.29, 0.717) is 11.7 Å². The summed E-state index contributed by atoms with van der Waals surface area (Å²) in [6.45, 7) is 9.33. The monoisotopic (exact) mass is 275 g/mol. The van der Waals surface area contributed by atoms with Crippen LogP contribution in [0.3, 0.4) is 0 Å². The van der Waals surface area contributed by atoms with Gasteiger partial charge >= 0.3 is 0 Å². The topological polar surface area (TPSA) is 63.2 Å². The molecule has 0 aliphatic carbocycles. The van der Waals surface area contributed by atoms with Crippen molar-refractivity contribution in [3.05, 3.63) is 0 Å². The van der Waals surface area contributed by atoms with E-state index in [2.05, 4.69) is 19.2 Å². The molecule has 0 fully saturated rings. The second-order valence-electron chi connectivity index (χ2n) is 5.37. The molecule has 0 saturated heterocycles. The van der Waals surface area contributed by atoms with Gasteiger partial charge in [-0.1, -0.05) is 27.7 Å². The fourth-order valence-corrected chi connectivity index (χ4v) is 2.79. The quantitative estimate of drug-likeness (QED) is 0.730. The molecule has 0 aliphatic heterocycles. The van der Waals surface area contributed by atoms with E-state index in [0.717, 1.165) is 6.42 Å². The average molecular weight is 275 g/mol. The Morgan fingerprint density at radius 2 is 1.72 bits per heavy atom. The van der Waals surface area contributed by atoms with Crippen LogP contribution in [0.1, 0.15) is 41.0 Å². The van der Waals surface area contributed by atoms with Crippen LogP contribution in [-0.2, 0) is 20.4 Å². The third-order valence-corrected chi connectivity index (χ3v) is 3.91. The van der Waals surface area contributed by atoms with Gasteiger partial charge in [0.25, 0.3) is 0 Å². The maximum atomic E-state index is 11.7. The van der Waals surface area contributed by atoms with Gasteiger partial charge in [0.05, 0.1) is 6.04 Å². The first-order chi connectivity index (χ1) is 8.23. The summed E-state index contributed by atoms with van der Waals surface area (Å²) in [4.78, 5) is 23.0. The molecule has 0 heterocycles. The molecule has 0 aromatic heterocycles. The van der Waals surface area contributed by atoms with Gasteiger partial charge in [-0.15, -0.1) is 0 Å². The van der Waals surface area contributed by atoms with E-state index in [4.69, 9.17) is 0 Å². The molecule has 0 radical (unpaired) electrons. The third-order valence-electron chi connectivity index (χ3n) is 2.64. The number of amides is 1. The van der Waals surface area contributed by atoms with Crippen molar-refractivity contribution in [2.45, 2.75) is 47.1 Å². The highest BCUT2D eigenvalue weighted by Crippen LogP contribution is 2.04. The van der Waals surface area contributed by atoms with Crippen LogP contribution in [0.4, 0.5) is 0 Å². The molecule has 0 bridgehead atoms. The zero-order chi connectivity index (χ0) is 14.3. The molecule has 5 heteroatoms. The highest BCUT2D eigenvalue weighted by Gasteiger charge is 2.21. The van der Waals surface area contributed by atoms with Crippen molar-refractivity contribution in [1.29, 1.82) is 0 Å². The molecule has 2 atom stereocenters. The summed E-state index contributed by atoms with van der Waals surface area (Å²) in [5.41, 5.74) is 0. The first-order valence-electron chi connectivity index (χ1n) is 6.38. The zero-order valence-electron chi connectivity index (χ0n) is 12.0. The third kappa shape index (κ3) is 7.58. The largest absolute Gasteiger partial charge is 0.345 e.